The Morgan fingerprint density at radius 1 is 1.22 bits per heavy atom. The van der Waals surface area contributed by atoms with Crippen LogP contribution in [0.25, 0.3) is 22.3 Å². The quantitative estimate of drug-likeness (QED) is 0.585. The highest BCUT2D eigenvalue weighted by atomic mass is 19.1. The third kappa shape index (κ3) is 4.26. The van der Waals surface area contributed by atoms with Crippen LogP contribution in [0.5, 0.6) is 0 Å². The van der Waals surface area contributed by atoms with E-state index < -0.39 is 6.67 Å². The van der Waals surface area contributed by atoms with Crippen molar-refractivity contribution in [2.24, 2.45) is 5.92 Å². The molecule has 7 heteroatoms. The van der Waals surface area contributed by atoms with E-state index >= 15 is 0 Å². The fourth-order valence-corrected chi connectivity index (χ4v) is 4.22. The molecule has 1 aliphatic rings. The van der Waals surface area contributed by atoms with Gasteiger partial charge >= 0.3 is 0 Å². The number of nitriles is 1. The lowest BCUT2D eigenvalue weighted by molar-refractivity contribution is -0.136. The molecule has 6 nitrogen and oxygen atoms in total. The number of aromatic nitrogens is 2. The highest BCUT2D eigenvalue weighted by Crippen LogP contribution is 2.33. The van der Waals surface area contributed by atoms with E-state index in [0.717, 1.165) is 28.8 Å². The molecule has 32 heavy (non-hydrogen) atoms. The van der Waals surface area contributed by atoms with Crippen LogP contribution < -0.4 is 4.90 Å². The zero-order valence-electron chi connectivity index (χ0n) is 18.3. The van der Waals surface area contributed by atoms with Crippen molar-refractivity contribution in [3.05, 3.63) is 54.1 Å². The summed E-state index contributed by atoms with van der Waals surface area (Å²) in [5.41, 5.74) is 3.64. The number of benzene rings is 2. The highest BCUT2D eigenvalue weighted by Gasteiger charge is 2.33. The third-order valence-electron chi connectivity index (χ3n) is 5.82. The maximum atomic E-state index is 13.2. The smallest absolute Gasteiger partial charge is 0.225 e. The molecule has 2 aromatic carbocycles. The Kier molecular flexibility index (Phi) is 6.31. The molecule has 0 saturated carbocycles. The van der Waals surface area contributed by atoms with Gasteiger partial charge in [0.15, 0.2) is 5.82 Å². The topological polar surface area (TPSA) is 73.1 Å². The summed E-state index contributed by atoms with van der Waals surface area (Å²) in [6, 6.07) is 17.1. The number of alkyl halides is 1. The number of nitrogens with zero attached hydrogens (tertiary/aromatic N) is 5. The van der Waals surface area contributed by atoms with Crippen LogP contribution in [0.15, 0.2) is 48.5 Å². The van der Waals surface area contributed by atoms with E-state index in [2.05, 4.69) is 11.0 Å². The maximum Gasteiger partial charge on any atom is 0.225 e. The van der Waals surface area contributed by atoms with Crippen molar-refractivity contribution in [1.82, 2.24) is 14.9 Å². The zero-order valence-corrected chi connectivity index (χ0v) is 18.3. The first-order valence-electron chi connectivity index (χ1n) is 10.9. The molecule has 0 unspecified atom stereocenters. The molecule has 1 saturated heterocycles. The summed E-state index contributed by atoms with van der Waals surface area (Å²) in [6.45, 7) is 4.49. The Morgan fingerprint density at radius 2 is 1.97 bits per heavy atom. The van der Waals surface area contributed by atoms with Crippen LogP contribution in [-0.2, 0) is 4.79 Å². The van der Waals surface area contributed by atoms with Crippen LogP contribution in [-0.4, -0.2) is 53.1 Å². The minimum atomic E-state index is -0.559. The molecule has 1 atom stereocenters. The average Bonchev–Trinajstić information content (AvgIpc) is 3.31. The molecule has 0 bridgehead atoms. The van der Waals surface area contributed by atoms with Gasteiger partial charge in [0.05, 0.1) is 28.7 Å². The van der Waals surface area contributed by atoms with Crippen LogP contribution >= 0.6 is 0 Å². The van der Waals surface area contributed by atoms with Gasteiger partial charge in [0.2, 0.25) is 5.91 Å². The van der Waals surface area contributed by atoms with Crippen molar-refractivity contribution in [3.63, 3.8) is 0 Å². The van der Waals surface area contributed by atoms with Crippen LogP contribution in [0.2, 0.25) is 0 Å². The van der Waals surface area contributed by atoms with Crippen molar-refractivity contribution >= 4 is 22.8 Å². The van der Waals surface area contributed by atoms with Gasteiger partial charge in [0.25, 0.3) is 0 Å². The fourth-order valence-electron chi connectivity index (χ4n) is 4.22. The minimum absolute atomic E-state index is 0.0268. The van der Waals surface area contributed by atoms with Gasteiger partial charge in [-0.3, -0.25) is 4.79 Å². The van der Waals surface area contributed by atoms with Crippen molar-refractivity contribution in [2.75, 3.05) is 31.2 Å². The summed E-state index contributed by atoms with van der Waals surface area (Å²) in [6.07, 6.45) is 0.741. The summed E-state index contributed by atoms with van der Waals surface area (Å²) in [7, 11) is 0. The summed E-state index contributed by atoms with van der Waals surface area (Å²) in [5.74, 6) is 0.514. The lowest BCUT2D eigenvalue weighted by Gasteiger charge is -2.30. The SMILES string of the molecule is CC(C)C(=O)N(CCF)[C@H]1CCN(c2nc3ccccc3nc2-c2cccc(C#N)c2)C1. The predicted octanol–water partition coefficient (Wildman–Crippen LogP) is 4.20. The fraction of sp³-hybridized carbons (Fsp3) is 0.360. The molecule has 1 aliphatic heterocycles. The molecular formula is C25H26FN5O. The predicted molar refractivity (Wildman–Crippen MR) is 123 cm³/mol. The number of halogens is 1. The number of carbonyl (C=O) groups excluding carboxylic acids is 1. The van der Waals surface area contributed by atoms with Crippen LogP contribution in [0, 0.1) is 17.2 Å². The number of amides is 1. The summed E-state index contributed by atoms with van der Waals surface area (Å²) >= 11 is 0. The molecule has 2 heterocycles. The molecule has 0 spiro atoms. The number of fused-ring (bicyclic) bond motifs is 1. The van der Waals surface area contributed by atoms with Gasteiger partial charge in [-0.1, -0.05) is 38.1 Å². The molecule has 0 radical (unpaired) electrons. The van der Waals surface area contributed by atoms with Gasteiger partial charge in [0.1, 0.15) is 12.4 Å². The molecule has 164 valence electrons. The van der Waals surface area contributed by atoms with E-state index in [1.54, 1.807) is 11.0 Å². The molecule has 0 N–H and O–H groups in total. The van der Waals surface area contributed by atoms with Crippen LogP contribution in [0.1, 0.15) is 25.8 Å². The van der Waals surface area contributed by atoms with Crippen molar-refractivity contribution in [2.45, 2.75) is 26.3 Å². The second-order valence-electron chi connectivity index (χ2n) is 8.34. The molecule has 4 rings (SSSR count). The molecule has 3 aromatic rings. The van der Waals surface area contributed by atoms with E-state index in [-0.39, 0.29) is 24.4 Å². The average molecular weight is 432 g/mol. The van der Waals surface area contributed by atoms with E-state index in [9.17, 15) is 14.4 Å². The zero-order chi connectivity index (χ0) is 22.7. The normalized spacial score (nSPS) is 15.8. The van der Waals surface area contributed by atoms with Crippen molar-refractivity contribution < 1.29 is 9.18 Å². The second kappa shape index (κ2) is 9.31. The number of hydrogen-bond donors (Lipinski definition) is 0. The lowest BCUT2D eigenvalue weighted by atomic mass is 10.1. The molecule has 1 aromatic heterocycles. The third-order valence-corrected chi connectivity index (χ3v) is 5.82. The molecule has 0 aliphatic carbocycles. The molecule has 1 fully saturated rings. The van der Waals surface area contributed by atoms with Gasteiger partial charge in [0, 0.05) is 31.1 Å². The second-order valence-corrected chi connectivity index (χ2v) is 8.34. The Balaban J connectivity index is 1.73. The highest BCUT2D eigenvalue weighted by molar-refractivity contribution is 5.84. The summed E-state index contributed by atoms with van der Waals surface area (Å²) in [5, 5.41) is 9.34. The van der Waals surface area contributed by atoms with Crippen LogP contribution in [0.3, 0.4) is 0 Å². The number of para-hydroxylation sites is 2. The van der Waals surface area contributed by atoms with Gasteiger partial charge in [-0.2, -0.15) is 5.26 Å². The largest absolute Gasteiger partial charge is 0.353 e. The van der Waals surface area contributed by atoms with E-state index in [0.29, 0.717) is 24.3 Å². The first-order chi connectivity index (χ1) is 15.5. The van der Waals surface area contributed by atoms with Gasteiger partial charge in [-0.25, -0.2) is 14.4 Å². The van der Waals surface area contributed by atoms with E-state index in [1.807, 2.05) is 56.3 Å². The standard InChI is InChI=1S/C25H26FN5O/c1-17(2)25(32)31(13-11-26)20-10-12-30(16-20)24-23(19-7-5-6-18(14-19)15-27)28-21-8-3-4-9-22(21)29-24/h3-9,14,17,20H,10-13,16H2,1-2H3/t20-/m0/s1. The Morgan fingerprint density at radius 3 is 2.66 bits per heavy atom. The summed E-state index contributed by atoms with van der Waals surface area (Å²) < 4.78 is 13.2. The Hall–Kier alpha value is -3.53. The van der Waals surface area contributed by atoms with Gasteiger partial charge in [-0.05, 0) is 30.7 Å². The van der Waals surface area contributed by atoms with Crippen LogP contribution in [0.4, 0.5) is 10.2 Å². The maximum absolute atomic E-state index is 13.2. The van der Waals surface area contributed by atoms with E-state index in [1.165, 1.54) is 0 Å². The number of carbonyl (C=O) groups is 1. The van der Waals surface area contributed by atoms with Gasteiger partial charge in [-0.15, -0.1) is 0 Å². The molecule has 1 amide bonds. The lowest BCUT2D eigenvalue weighted by Crippen LogP contribution is -2.45. The first kappa shape index (κ1) is 21.7. The Labute approximate surface area is 187 Å². The Bertz CT molecular complexity index is 1170. The molecular weight excluding hydrogens is 405 g/mol. The number of hydrogen-bond acceptors (Lipinski definition) is 5. The van der Waals surface area contributed by atoms with Gasteiger partial charge < -0.3 is 9.80 Å². The van der Waals surface area contributed by atoms with E-state index in [4.69, 9.17) is 9.97 Å². The van der Waals surface area contributed by atoms with Crippen molar-refractivity contribution in [1.29, 1.82) is 5.26 Å². The monoisotopic (exact) mass is 431 g/mol. The van der Waals surface area contributed by atoms with Crippen molar-refractivity contribution in [3.8, 4) is 17.3 Å². The summed E-state index contributed by atoms with van der Waals surface area (Å²) in [4.78, 5) is 26.3. The number of anilines is 1. The first-order valence-corrected chi connectivity index (χ1v) is 10.9. The number of rotatable bonds is 6. The minimum Gasteiger partial charge on any atom is -0.353 e.